The van der Waals surface area contributed by atoms with Crippen LogP contribution in [0, 0.1) is 49.4 Å². The highest BCUT2D eigenvalue weighted by molar-refractivity contribution is 7.90. The summed E-state index contributed by atoms with van der Waals surface area (Å²) in [6.45, 7) is 5.85. The summed E-state index contributed by atoms with van der Waals surface area (Å²) < 4.78 is 77.1. The van der Waals surface area contributed by atoms with Crippen molar-refractivity contribution >= 4 is 67.2 Å². The summed E-state index contributed by atoms with van der Waals surface area (Å²) in [5.74, 6) is -17.9. The number of ether oxygens (including phenoxy) is 3. The number of aromatic hydroxyl groups is 2. The molecule has 99 heavy (non-hydrogen) atoms. The first-order valence-corrected chi connectivity index (χ1v) is 35.6. The van der Waals surface area contributed by atoms with Gasteiger partial charge in [-0.2, -0.15) is 0 Å². The molecule has 6 N–H and O–H groups in total. The van der Waals surface area contributed by atoms with Crippen LogP contribution in [0.5, 0.6) is 23.0 Å². The summed E-state index contributed by atoms with van der Waals surface area (Å²) in [6.07, 6.45) is -0.401. The van der Waals surface area contributed by atoms with Gasteiger partial charge in [-0.05, 0) is 98.9 Å². The third-order valence-electron chi connectivity index (χ3n) is 18.8. The third kappa shape index (κ3) is 16.7. The molecule has 22 nitrogen and oxygen atoms in total. The summed E-state index contributed by atoms with van der Waals surface area (Å²) in [6, 6.07) is 43.1. The molecular formula is C75H80N4O18S2. The van der Waals surface area contributed by atoms with Crippen molar-refractivity contribution in [3.63, 3.8) is 0 Å². The van der Waals surface area contributed by atoms with Crippen LogP contribution >= 0.6 is 0 Å². The Morgan fingerprint density at radius 2 is 1.05 bits per heavy atom. The predicted octanol–water partition coefficient (Wildman–Crippen LogP) is 9.53. The Morgan fingerprint density at radius 3 is 1.49 bits per heavy atom. The number of carboxylic acids is 1. The molecule has 24 heteroatoms. The number of hydrogen-bond donors (Lipinski definition) is 6. The number of nitrogens with one attached hydrogen (secondary N) is 3. The van der Waals surface area contributed by atoms with E-state index in [1.807, 2.05) is 13.8 Å². The minimum atomic E-state index is -4.56. The number of methoxy groups -OCH3 is 2. The van der Waals surface area contributed by atoms with Gasteiger partial charge in [-0.1, -0.05) is 165 Å². The maximum atomic E-state index is 15.7. The number of carboxylic acid groups (broad SMARTS) is 1. The fourth-order valence-electron chi connectivity index (χ4n) is 13.6. The number of carbonyl (C=O) groups excluding carboxylic acids is 7. The van der Waals surface area contributed by atoms with Crippen LogP contribution in [0.4, 0.5) is 0 Å². The third-order valence-corrected chi connectivity index (χ3v) is 21.7. The first kappa shape index (κ1) is 73.4. The molecule has 0 saturated carbocycles. The minimum Gasteiger partial charge on any atom is -0.507 e. The minimum absolute atomic E-state index is 0.0334. The number of ketones is 2. The van der Waals surface area contributed by atoms with Crippen molar-refractivity contribution in [1.29, 1.82) is 0 Å². The number of likely N-dealkylation sites (tertiary alicyclic amines) is 1. The standard InChI is InChI=1S/C75H80N4O18S2/c1-7-52(47-19-11-8-12-20-47)66(70(84)76-35-17-36-77-98(91,92)63-40-56(59(80)42-61(63)95-5)68(82)50-29-25-44(2)26-30-50)58(73(87)88)39-55(49-23-15-10-16-24-49)67-54(34-33-53(48-21-13-9-14-22-48)65-46(4)74(89)97-75(65)90)71(85)79(72(67)86)38-18-37-78-99(93,94)64-41-57(60(81)43-62(64)96-6)69(83)51-31-27-45(3)28-32-51/h8-16,19-32,40-43,46,52-55,58,65-67,77-78,80-81H,7,17-18,33-39H2,1-6H3,(H,76,84)(H,87,88). The van der Waals surface area contributed by atoms with E-state index >= 15 is 14.4 Å². The van der Waals surface area contributed by atoms with Gasteiger partial charge in [-0.15, -0.1) is 0 Å². The van der Waals surface area contributed by atoms with Crippen molar-refractivity contribution < 1.29 is 84.7 Å². The highest BCUT2D eigenvalue weighted by Gasteiger charge is 2.54. The molecule has 520 valence electrons. The highest BCUT2D eigenvalue weighted by Crippen LogP contribution is 2.49. The van der Waals surface area contributed by atoms with Gasteiger partial charge in [0, 0.05) is 49.4 Å². The lowest BCUT2D eigenvalue weighted by Crippen LogP contribution is -2.43. The molecule has 7 aromatic rings. The summed E-state index contributed by atoms with van der Waals surface area (Å²) in [5, 5.41) is 36.3. The van der Waals surface area contributed by atoms with Gasteiger partial charge in [0.1, 0.15) is 32.8 Å². The molecular weight excluding hydrogens is 1310 g/mol. The smallest absolute Gasteiger partial charge is 0.318 e. The van der Waals surface area contributed by atoms with Crippen molar-refractivity contribution in [2.24, 2.45) is 35.5 Å². The molecule has 9 atom stereocenters. The van der Waals surface area contributed by atoms with Crippen molar-refractivity contribution in [3.8, 4) is 23.0 Å². The summed E-state index contributed by atoms with van der Waals surface area (Å²) >= 11 is 0. The van der Waals surface area contributed by atoms with Crippen LogP contribution in [0.15, 0.2) is 174 Å². The molecule has 2 heterocycles. The number of cyclic esters (lactones) is 2. The number of carbonyl (C=O) groups is 8. The van der Waals surface area contributed by atoms with Crippen molar-refractivity contribution in [2.45, 2.75) is 93.8 Å². The number of amides is 3. The summed E-state index contributed by atoms with van der Waals surface area (Å²) in [4.78, 5) is 115. The molecule has 2 fully saturated rings. The van der Waals surface area contributed by atoms with Crippen molar-refractivity contribution in [3.05, 3.63) is 214 Å². The van der Waals surface area contributed by atoms with Crippen LogP contribution in [-0.2, 0) is 53.6 Å². The Labute approximate surface area is 575 Å². The SMILES string of the molecule is CCC(c1ccccc1)C(C(=O)NCCCNS(=O)(=O)c1cc(C(=O)c2ccc(C)cc2)c(O)cc1OC)C(CC(c1ccccc1)C1C(=O)N(CCCNS(=O)(=O)c2cc(C(=O)c3ccc(C)cc3)c(O)cc2OC)C(=O)C1CCC(c1ccccc1)C1C(=O)OC(=O)C1C)C(=O)O. The first-order chi connectivity index (χ1) is 47.3. The quantitative estimate of drug-likeness (QED) is 0.00733. The number of rotatable bonds is 33. The number of benzene rings is 7. The highest BCUT2D eigenvalue weighted by atomic mass is 32.2. The molecule has 2 aliphatic rings. The second kappa shape index (κ2) is 32.2. The zero-order valence-electron chi connectivity index (χ0n) is 55.6. The lowest BCUT2D eigenvalue weighted by Gasteiger charge is -2.35. The fourth-order valence-corrected chi connectivity index (χ4v) is 16.1. The molecule has 0 spiro atoms. The lowest BCUT2D eigenvalue weighted by molar-refractivity contribution is -0.154. The number of aliphatic carboxylic acids is 1. The average molecular weight is 1390 g/mol. The normalized spacial score (nSPS) is 17.9. The Kier molecular flexibility index (Phi) is 23.9. The molecule has 3 amide bonds. The number of phenols is 2. The number of phenolic OH excluding ortho intramolecular Hbond substituents is 2. The van der Waals surface area contributed by atoms with E-state index in [2.05, 4.69) is 14.8 Å². The second-order valence-corrected chi connectivity index (χ2v) is 28.5. The van der Waals surface area contributed by atoms with Crippen LogP contribution in [0.3, 0.4) is 0 Å². The maximum absolute atomic E-state index is 15.7. The van der Waals surface area contributed by atoms with Crippen LogP contribution in [-0.4, -0.2) is 125 Å². The van der Waals surface area contributed by atoms with Gasteiger partial charge in [-0.3, -0.25) is 43.3 Å². The topological polar surface area (TPSA) is 333 Å². The van der Waals surface area contributed by atoms with E-state index in [0.717, 1.165) is 40.3 Å². The second-order valence-electron chi connectivity index (χ2n) is 25.0. The first-order valence-electron chi connectivity index (χ1n) is 32.6. The number of aryl methyl sites for hydroxylation is 2. The van der Waals surface area contributed by atoms with Gasteiger partial charge in [0.2, 0.25) is 37.8 Å². The van der Waals surface area contributed by atoms with E-state index in [1.165, 1.54) is 26.4 Å². The monoisotopic (exact) mass is 1390 g/mol. The van der Waals surface area contributed by atoms with E-state index in [9.17, 15) is 56.1 Å². The fraction of sp³-hybridized carbons (Fsp3) is 0.333. The van der Waals surface area contributed by atoms with E-state index < -0.39 is 148 Å². The van der Waals surface area contributed by atoms with Gasteiger partial charge < -0.3 is 34.8 Å². The maximum Gasteiger partial charge on any atom is 0.318 e. The summed E-state index contributed by atoms with van der Waals surface area (Å²) in [5.41, 5.74) is 3.22. The largest absolute Gasteiger partial charge is 0.507 e. The molecule has 0 aromatic heterocycles. The number of esters is 2. The lowest BCUT2D eigenvalue weighted by atomic mass is 9.67. The van der Waals surface area contributed by atoms with Crippen LogP contribution in [0.2, 0.25) is 0 Å². The Hall–Kier alpha value is -9.88. The van der Waals surface area contributed by atoms with Crippen LogP contribution in [0.1, 0.15) is 130 Å². The van der Waals surface area contributed by atoms with E-state index in [1.54, 1.807) is 141 Å². The molecule has 0 aliphatic carbocycles. The number of sulfonamides is 2. The Bertz CT molecular complexity index is 4370. The average Bonchev–Trinajstić information content (AvgIpc) is 1.76. The molecule has 0 bridgehead atoms. The van der Waals surface area contributed by atoms with E-state index in [4.69, 9.17) is 14.2 Å². The van der Waals surface area contributed by atoms with Crippen LogP contribution < -0.4 is 24.2 Å². The molecule has 7 aromatic carbocycles. The van der Waals surface area contributed by atoms with E-state index in [0.29, 0.717) is 16.7 Å². The van der Waals surface area contributed by atoms with Gasteiger partial charge in [-0.25, -0.2) is 26.3 Å². The number of nitrogens with zero attached hydrogens (tertiary/aromatic N) is 1. The zero-order valence-corrected chi connectivity index (χ0v) is 57.2. The molecule has 9 unspecified atom stereocenters. The van der Waals surface area contributed by atoms with Crippen molar-refractivity contribution in [1.82, 2.24) is 19.7 Å². The molecule has 2 aliphatic heterocycles. The van der Waals surface area contributed by atoms with Crippen molar-refractivity contribution in [2.75, 3.05) is 40.4 Å². The molecule has 9 rings (SSSR count). The summed E-state index contributed by atoms with van der Waals surface area (Å²) in [7, 11) is -6.64. The Morgan fingerprint density at radius 1 is 0.586 bits per heavy atom. The molecule has 2 saturated heterocycles. The number of imide groups is 1. The van der Waals surface area contributed by atoms with Gasteiger partial charge in [0.05, 0.1) is 60.9 Å². The zero-order chi connectivity index (χ0) is 71.5. The number of hydrogen-bond acceptors (Lipinski definition) is 17. The Balaban J connectivity index is 1.01. The predicted molar refractivity (Wildman–Crippen MR) is 365 cm³/mol. The van der Waals surface area contributed by atoms with Gasteiger partial charge in [0.15, 0.2) is 11.6 Å². The van der Waals surface area contributed by atoms with Gasteiger partial charge in [0.25, 0.3) is 0 Å². The molecule has 0 radical (unpaired) electrons. The van der Waals surface area contributed by atoms with Crippen LogP contribution in [0.25, 0.3) is 0 Å². The van der Waals surface area contributed by atoms with Gasteiger partial charge >= 0.3 is 17.9 Å². The van der Waals surface area contributed by atoms with E-state index in [-0.39, 0.29) is 92.0 Å².